The van der Waals surface area contributed by atoms with E-state index in [1.54, 1.807) is 0 Å². The van der Waals surface area contributed by atoms with Gasteiger partial charge in [0.1, 0.15) is 0 Å². The van der Waals surface area contributed by atoms with E-state index in [2.05, 4.69) is 10.1 Å². The third kappa shape index (κ3) is 1.83. The Morgan fingerprint density at radius 3 is 2.56 bits per heavy atom. The van der Waals surface area contributed by atoms with Crippen LogP contribution in [0.1, 0.15) is 5.56 Å². The van der Waals surface area contributed by atoms with Gasteiger partial charge in [-0.1, -0.05) is 0 Å². The fraction of sp³-hybridized carbons (Fsp3) is 0.111. The van der Waals surface area contributed by atoms with Crippen LogP contribution in [0.4, 0.5) is 18.9 Å². The van der Waals surface area contributed by atoms with Gasteiger partial charge in [-0.3, -0.25) is 4.98 Å². The van der Waals surface area contributed by atoms with Crippen LogP contribution in [0.15, 0.2) is 30.9 Å². The van der Waals surface area contributed by atoms with Gasteiger partial charge in [-0.05, 0) is 6.07 Å². The van der Waals surface area contributed by atoms with E-state index in [-0.39, 0.29) is 5.69 Å². The number of nitrogens with zero attached hydrogens (tertiary/aromatic N) is 3. The van der Waals surface area contributed by atoms with Gasteiger partial charge in [-0.2, -0.15) is 18.3 Å². The van der Waals surface area contributed by atoms with Crippen LogP contribution in [0.5, 0.6) is 0 Å². The molecule has 2 aromatic rings. The highest BCUT2D eigenvalue weighted by atomic mass is 19.4. The molecule has 0 aromatic carbocycles. The molecule has 0 aliphatic carbocycles. The van der Waals surface area contributed by atoms with Gasteiger partial charge in [0.05, 0.1) is 29.3 Å². The number of hydrogen-bond acceptors (Lipinski definition) is 3. The molecule has 0 bridgehead atoms. The van der Waals surface area contributed by atoms with Crippen molar-refractivity contribution in [3.05, 3.63) is 36.4 Å². The maximum atomic E-state index is 12.3. The first-order valence-electron chi connectivity index (χ1n) is 4.30. The van der Waals surface area contributed by atoms with Crippen molar-refractivity contribution in [3.63, 3.8) is 0 Å². The number of rotatable bonds is 1. The third-order valence-electron chi connectivity index (χ3n) is 1.98. The molecule has 2 rings (SSSR count). The lowest BCUT2D eigenvalue weighted by Crippen LogP contribution is -2.03. The Bertz CT molecular complexity index is 503. The average molecular weight is 228 g/mol. The molecule has 0 aliphatic heterocycles. The smallest absolute Gasteiger partial charge is 0.396 e. The van der Waals surface area contributed by atoms with Crippen molar-refractivity contribution >= 4 is 5.69 Å². The lowest BCUT2D eigenvalue weighted by atomic mass is 10.3. The first-order chi connectivity index (χ1) is 7.48. The summed E-state index contributed by atoms with van der Waals surface area (Å²) in [6.07, 6.45) is 0.0104. The average Bonchev–Trinajstić information content (AvgIpc) is 2.66. The summed E-state index contributed by atoms with van der Waals surface area (Å²) < 4.78 is 38.0. The maximum absolute atomic E-state index is 12.3. The van der Waals surface area contributed by atoms with Crippen LogP contribution in [0.3, 0.4) is 0 Å². The van der Waals surface area contributed by atoms with Crippen LogP contribution >= 0.6 is 0 Å². The third-order valence-corrected chi connectivity index (χ3v) is 1.98. The molecular weight excluding hydrogens is 221 g/mol. The van der Waals surface area contributed by atoms with Crippen LogP contribution in [-0.4, -0.2) is 14.8 Å². The summed E-state index contributed by atoms with van der Waals surface area (Å²) in [5.74, 6) is 0. The van der Waals surface area contributed by atoms with E-state index in [4.69, 9.17) is 5.73 Å². The summed E-state index contributed by atoms with van der Waals surface area (Å²) >= 11 is 0. The van der Waals surface area contributed by atoms with Crippen molar-refractivity contribution < 1.29 is 13.2 Å². The molecule has 0 fully saturated rings. The predicted molar refractivity (Wildman–Crippen MR) is 50.8 cm³/mol. The SMILES string of the molecule is Nc1cnccc1-n1cc(C(F)(F)F)cn1. The number of pyridine rings is 1. The number of nitrogen functional groups attached to an aromatic ring is 1. The summed E-state index contributed by atoms with van der Waals surface area (Å²) in [4.78, 5) is 3.74. The quantitative estimate of drug-likeness (QED) is 0.810. The van der Waals surface area contributed by atoms with Crippen molar-refractivity contribution in [3.8, 4) is 5.69 Å². The van der Waals surface area contributed by atoms with Crippen molar-refractivity contribution in [2.24, 2.45) is 0 Å². The summed E-state index contributed by atoms with van der Waals surface area (Å²) in [7, 11) is 0. The molecule has 2 N–H and O–H groups in total. The maximum Gasteiger partial charge on any atom is 0.419 e. The number of aromatic nitrogens is 3. The Labute approximate surface area is 88.5 Å². The second-order valence-corrected chi connectivity index (χ2v) is 3.11. The second-order valence-electron chi connectivity index (χ2n) is 3.11. The highest BCUT2D eigenvalue weighted by molar-refractivity contribution is 5.55. The number of nitrogens with two attached hydrogens (primary N) is 1. The molecule has 7 heteroatoms. The van der Waals surface area contributed by atoms with E-state index in [1.165, 1.54) is 18.5 Å². The molecule has 4 nitrogen and oxygen atoms in total. The molecule has 0 unspecified atom stereocenters. The van der Waals surface area contributed by atoms with E-state index in [0.29, 0.717) is 5.69 Å². The predicted octanol–water partition coefficient (Wildman–Crippen LogP) is 1.87. The van der Waals surface area contributed by atoms with Crippen LogP contribution in [-0.2, 0) is 6.18 Å². The highest BCUT2D eigenvalue weighted by Crippen LogP contribution is 2.29. The fourth-order valence-corrected chi connectivity index (χ4v) is 1.21. The Morgan fingerprint density at radius 1 is 1.25 bits per heavy atom. The van der Waals surface area contributed by atoms with Crippen LogP contribution in [0.2, 0.25) is 0 Å². The number of halogens is 3. The standard InChI is InChI=1S/C9H7F3N4/c10-9(11,12)6-3-15-16(5-6)8-1-2-14-4-7(8)13/h1-5H,13H2. The highest BCUT2D eigenvalue weighted by Gasteiger charge is 2.32. The Morgan fingerprint density at radius 2 is 2.00 bits per heavy atom. The molecular formula is C9H7F3N4. The monoisotopic (exact) mass is 228 g/mol. The molecule has 0 saturated carbocycles. The first-order valence-corrected chi connectivity index (χ1v) is 4.30. The molecule has 84 valence electrons. The van der Waals surface area contributed by atoms with Gasteiger partial charge >= 0.3 is 6.18 Å². The lowest BCUT2D eigenvalue weighted by molar-refractivity contribution is -0.137. The van der Waals surface area contributed by atoms with Crippen molar-refractivity contribution in [2.45, 2.75) is 6.18 Å². The summed E-state index contributed by atoms with van der Waals surface area (Å²) in [6, 6.07) is 1.49. The number of alkyl halides is 3. The van der Waals surface area contributed by atoms with E-state index in [1.807, 2.05) is 0 Å². The van der Waals surface area contributed by atoms with Gasteiger partial charge < -0.3 is 5.73 Å². The number of hydrogen-bond donors (Lipinski definition) is 1. The molecule has 2 heterocycles. The fourth-order valence-electron chi connectivity index (χ4n) is 1.21. The zero-order chi connectivity index (χ0) is 11.8. The van der Waals surface area contributed by atoms with Gasteiger partial charge in [0.25, 0.3) is 0 Å². The minimum atomic E-state index is -4.40. The lowest BCUT2D eigenvalue weighted by Gasteiger charge is -2.04. The first kappa shape index (κ1) is 10.5. The summed E-state index contributed by atoms with van der Waals surface area (Å²) in [6.45, 7) is 0. The molecule has 0 atom stereocenters. The summed E-state index contributed by atoms with van der Waals surface area (Å²) in [5.41, 5.74) is 5.38. The molecule has 0 saturated heterocycles. The van der Waals surface area contributed by atoms with Gasteiger partial charge in [-0.15, -0.1) is 0 Å². The minimum Gasteiger partial charge on any atom is -0.396 e. The number of anilines is 1. The van der Waals surface area contributed by atoms with E-state index in [0.717, 1.165) is 17.1 Å². The largest absolute Gasteiger partial charge is 0.419 e. The summed E-state index contributed by atoms with van der Waals surface area (Å²) in [5, 5.41) is 3.60. The van der Waals surface area contributed by atoms with Crippen molar-refractivity contribution in [1.82, 2.24) is 14.8 Å². The molecule has 0 radical (unpaired) electrons. The second kappa shape index (κ2) is 3.51. The zero-order valence-corrected chi connectivity index (χ0v) is 7.94. The van der Waals surface area contributed by atoms with Crippen molar-refractivity contribution in [2.75, 3.05) is 5.73 Å². The minimum absolute atomic E-state index is 0.263. The molecule has 2 aromatic heterocycles. The van der Waals surface area contributed by atoms with E-state index < -0.39 is 11.7 Å². The van der Waals surface area contributed by atoms with Crippen molar-refractivity contribution in [1.29, 1.82) is 0 Å². The van der Waals surface area contributed by atoms with Crippen LogP contribution in [0, 0.1) is 0 Å². The van der Waals surface area contributed by atoms with Gasteiger partial charge in [0.15, 0.2) is 0 Å². The van der Waals surface area contributed by atoms with Crippen LogP contribution in [0.25, 0.3) is 5.69 Å². The van der Waals surface area contributed by atoms with Crippen LogP contribution < -0.4 is 5.73 Å². The van der Waals surface area contributed by atoms with E-state index >= 15 is 0 Å². The normalized spacial score (nSPS) is 11.7. The Hall–Kier alpha value is -2.05. The molecule has 0 spiro atoms. The molecule has 0 amide bonds. The van der Waals surface area contributed by atoms with Gasteiger partial charge in [-0.25, -0.2) is 4.68 Å². The Balaban J connectivity index is 2.44. The Kier molecular flexibility index (Phi) is 2.30. The topological polar surface area (TPSA) is 56.7 Å². The zero-order valence-electron chi connectivity index (χ0n) is 7.94. The van der Waals surface area contributed by atoms with Gasteiger partial charge in [0, 0.05) is 12.4 Å². The molecule has 16 heavy (non-hydrogen) atoms. The molecule has 0 aliphatic rings. The van der Waals surface area contributed by atoms with E-state index in [9.17, 15) is 13.2 Å². The van der Waals surface area contributed by atoms with Gasteiger partial charge in [0.2, 0.25) is 0 Å².